The van der Waals surface area contributed by atoms with Crippen LogP contribution in [0.3, 0.4) is 0 Å². The molecule has 0 bridgehead atoms. The lowest BCUT2D eigenvalue weighted by Crippen LogP contribution is -2.15. The first-order valence-corrected chi connectivity index (χ1v) is 9.00. The first-order chi connectivity index (χ1) is 11.4. The molecule has 0 aliphatic heterocycles. The van der Waals surface area contributed by atoms with Crippen molar-refractivity contribution in [3.8, 4) is 5.75 Å². The highest BCUT2D eigenvalue weighted by Gasteiger charge is 2.28. The molecular formula is C17H19F2NO3S. The summed E-state index contributed by atoms with van der Waals surface area (Å²) in [6, 6.07) is 13.3. The highest BCUT2D eigenvalue weighted by Crippen LogP contribution is 2.26. The summed E-state index contributed by atoms with van der Waals surface area (Å²) in [7, 11) is -4.63. The molecular weight excluding hydrogens is 336 g/mol. The number of nitrogens with one attached hydrogen (secondary N) is 1. The maximum absolute atomic E-state index is 12.7. The van der Waals surface area contributed by atoms with E-state index in [9.17, 15) is 17.2 Å². The minimum absolute atomic E-state index is 0.174. The summed E-state index contributed by atoms with van der Waals surface area (Å²) >= 11 is 0. The van der Waals surface area contributed by atoms with Crippen LogP contribution in [0.1, 0.15) is 12.0 Å². The topological polar surface area (TPSA) is 55.4 Å². The molecule has 0 unspecified atom stereocenters. The normalized spacial score (nSPS) is 11.5. The molecule has 0 atom stereocenters. The minimum atomic E-state index is -4.63. The number of anilines is 1. The second kappa shape index (κ2) is 8.10. The van der Waals surface area contributed by atoms with E-state index in [0.29, 0.717) is 19.6 Å². The summed E-state index contributed by atoms with van der Waals surface area (Å²) in [6.45, 7) is 2.80. The number of hydrogen-bond donors (Lipinski definition) is 1. The van der Waals surface area contributed by atoms with Crippen LogP contribution in [0.5, 0.6) is 5.75 Å². The van der Waals surface area contributed by atoms with Gasteiger partial charge in [-0.1, -0.05) is 24.3 Å². The van der Waals surface area contributed by atoms with E-state index in [1.165, 1.54) is 18.2 Å². The van der Waals surface area contributed by atoms with E-state index in [-0.39, 0.29) is 10.6 Å². The van der Waals surface area contributed by atoms with Gasteiger partial charge in [-0.2, -0.15) is 8.78 Å². The van der Waals surface area contributed by atoms with Crippen LogP contribution in [-0.2, 0) is 9.84 Å². The number of alkyl halides is 2. The molecule has 0 spiro atoms. The largest absolute Gasteiger partial charge is 0.494 e. The highest BCUT2D eigenvalue weighted by molar-refractivity contribution is 7.91. The van der Waals surface area contributed by atoms with E-state index in [4.69, 9.17) is 4.74 Å². The summed E-state index contributed by atoms with van der Waals surface area (Å²) in [4.78, 5) is -0.389. The summed E-state index contributed by atoms with van der Waals surface area (Å²) in [5.41, 5.74) is 1.27. The summed E-state index contributed by atoms with van der Waals surface area (Å²) in [6.07, 6.45) is 0.594. The first-order valence-electron chi connectivity index (χ1n) is 7.45. The number of ether oxygens (including phenoxy) is 1. The fourth-order valence-corrected chi connectivity index (χ4v) is 3.05. The molecule has 0 heterocycles. The smallest absolute Gasteiger partial charge is 0.341 e. The molecule has 0 aliphatic carbocycles. The standard InChI is InChI=1S/C17H19F2NO3S/c1-13-6-4-7-14(12-13)23-11-5-10-20-15-8-2-3-9-16(15)24(21,22)17(18)19/h2-4,6-9,12,17,20H,5,10-11H2,1H3. The van der Waals surface area contributed by atoms with Gasteiger partial charge in [0.2, 0.25) is 9.84 Å². The quantitative estimate of drug-likeness (QED) is 0.731. The average Bonchev–Trinajstić information content (AvgIpc) is 2.55. The molecule has 1 N–H and O–H groups in total. The maximum atomic E-state index is 12.7. The number of benzene rings is 2. The third-order valence-corrected chi connectivity index (χ3v) is 4.76. The molecule has 0 saturated heterocycles. The van der Waals surface area contributed by atoms with Crippen LogP contribution in [0.25, 0.3) is 0 Å². The minimum Gasteiger partial charge on any atom is -0.494 e. The lowest BCUT2D eigenvalue weighted by Gasteiger charge is -2.12. The van der Waals surface area contributed by atoms with Gasteiger partial charge in [-0.25, -0.2) is 8.42 Å². The van der Waals surface area contributed by atoms with Crippen molar-refractivity contribution in [1.29, 1.82) is 0 Å². The third-order valence-electron chi connectivity index (χ3n) is 3.32. The Morgan fingerprint density at radius 3 is 2.58 bits per heavy atom. The van der Waals surface area contributed by atoms with Crippen LogP contribution in [0, 0.1) is 6.92 Å². The van der Waals surface area contributed by atoms with Crippen molar-refractivity contribution in [3.05, 3.63) is 54.1 Å². The van der Waals surface area contributed by atoms with E-state index < -0.39 is 15.6 Å². The Morgan fingerprint density at radius 1 is 1.12 bits per heavy atom. The molecule has 130 valence electrons. The average molecular weight is 355 g/mol. The zero-order chi connectivity index (χ0) is 17.6. The van der Waals surface area contributed by atoms with Gasteiger partial charge < -0.3 is 10.1 Å². The molecule has 0 fully saturated rings. The van der Waals surface area contributed by atoms with Crippen LogP contribution in [0.15, 0.2) is 53.4 Å². The fourth-order valence-electron chi connectivity index (χ4n) is 2.15. The number of aryl methyl sites for hydroxylation is 1. The number of rotatable bonds is 8. The summed E-state index contributed by atoms with van der Waals surface area (Å²) in [5.74, 6) is -2.68. The van der Waals surface area contributed by atoms with E-state index in [1.54, 1.807) is 6.07 Å². The van der Waals surface area contributed by atoms with Gasteiger partial charge in [0.05, 0.1) is 17.2 Å². The molecule has 2 aromatic rings. The number of para-hydroxylation sites is 1. The lowest BCUT2D eigenvalue weighted by molar-refractivity contribution is 0.235. The predicted octanol–water partition coefficient (Wildman–Crippen LogP) is 3.87. The van der Waals surface area contributed by atoms with Gasteiger partial charge in [-0.05, 0) is 43.2 Å². The van der Waals surface area contributed by atoms with Gasteiger partial charge >= 0.3 is 5.76 Å². The predicted molar refractivity (Wildman–Crippen MR) is 89.4 cm³/mol. The Labute approximate surface area is 140 Å². The van der Waals surface area contributed by atoms with Crippen LogP contribution in [0.4, 0.5) is 14.5 Å². The number of halogens is 2. The van der Waals surface area contributed by atoms with Crippen LogP contribution < -0.4 is 10.1 Å². The van der Waals surface area contributed by atoms with Crippen LogP contribution >= 0.6 is 0 Å². The van der Waals surface area contributed by atoms with Crippen LogP contribution in [-0.4, -0.2) is 27.3 Å². The number of hydrogen-bond acceptors (Lipinski definition) is 4. The first kappa shape index (κ1) is 18.2. The highest BCUT2D eigenvalue weighted by atomic mass is 32.2. The zero-order valence-corrected chi connectivity index (χ0v) is 14.0. The maximum Gasteiger partial charge on any atom is 0.341 e. The van der Waals surface area contributed by atoms with Crippen LogP contribution in [0.2, 0.25) is 0 Å². The molecule has 0 aliphatic rings. The molecule has 2 aromatic carbocycles. The second-order valence-corrected chi connectivity index (χ2v) is 7.13. The van der Waals surface area contributed by atoms with Crippen molar-refractivity contribution in [3.63, 3.8) is 0 Å². The van der Waals surface area contributed by atoms with Gasteiger partial charge in [0.15, 0.2) is 0 Å². The molecule has 4 nitrogen and oxygen atoms in total. The Balaban J connectivity index is 1.89. The zero-order valence-electron chi connectivity index (χ0n) is 13.2. The monoisotopic (exact) mass is 355 g/mol. The molecule has 0 radical (unpaired) electrons. The molecule has 0 amide bonds. The van der Waals surface area contributed by atoms with E-state index in [1.807, 2.05) is 31.2 Å². The summed E-state index contributed by atoms with van der Waals surface area (Å²) in [5, 5.41) is 2.88. The summed E-state index contributed by atoms with van der Waals surface area (Å²) < 4.78 is 54.3. The lowest BCUT2D eigenvalue weighted by atomic mass is 10.2. The van der Waals surface area contributed by atoms with Crippen molar-refractivity contribution in [2.24, 2.45) is 0 Å². The Morgan fingerprint density at radius 2 is 1.88 bits per heavy atom. The van der Waals surface area contributed by atoms with Crippen molar-refractivity contribution in [2.45, 2.75) is 24.0 Å². The molecule has 2 rings (SSSR count). The molecule has 7 heteroatoms. The fraction of sp³-hybridized carbons (Fsp3) is 0.294. The second-order valence-electron chi connectivity index (χ2n) is 5.25. The van der Waals surface area contributed by atoms with Crippen molar-refractivity contribution < 1.29 is 21.9 Å². The Bertz CT molecular complexity index is 779. The van der Waals surface area contributed by atoms with E-state index >= 15 is 0 Å². The van der Waals surface area contributed by atoms with Gasteiger partial charge in [-0.15, -0.1) is 0 Å². The Kier molecular flexibility index (Phi) is 6.14. The van der Waals surface area contributed by atoms with Crippen molar-refractivity contribution in [1.82, 2.24) is 0 Å². The van der Waals surface area contributed by atoms with Gasteiger partial charge in [0, 0.05) is 6.54 Å². The van der Waals surface area contributed by atoms with Crippen molar-refractivity contribution >= 4 is 15.5 Å². The van der Waals surface area contributed by atoms with Gasteiger partial charge in [0.25, 0.3) is 0 Å². The van der Waals surface area contributed by atoms with Gasteiger partial charge in [0.1, 0.15) is 5.75 Å². The Hall–Kier alpha value is -2.15. The molecule has 0 aromatic heterocycles. The van der Waals surface area contributed by atoms with E-state index in [0.717, 1.165) is 11.3 Å². The number of sulfone groups is 1. The molecule has 24 heavy (non-hydrogen) atoms. The van der Waals surface area contributed by atoms with Gasteiger partial charge in [-0.3, -0.25) is 0 Å². The SMILES string of the molecule is Cc1cccc(OCCCNc2ccccc2S(=O)(=O)C(F)F)c1. The third kappa shape index (κ3) is 4.67. The molecule has 0 saturated carbocycles. The van der Waals surface area contributed by atoms with Crippen molar-refractivity contribution in [2.75, 3.05) is 18.5 Å². The van der Waals surface area contributed by atoms with E-state index in [2.05, 4.69) is 5.32 Å².